The highest BCUT2D eigenvalue weighted by molar-refractivity contribution is 4.63. The van der Waals surface area contributed by atoms with Crippen molar-refractivity contribution >= 4 is 0 Å². The van der Waals surface area contributed by atoms with Gasteiger partial charge in [0.05, 0.1) is 46.2 Å². The molecule has 0 heterocycles. The monoisotopic (exact) mass is 262 g/mol. The van der Waals surface area contributed by atoms with E-state index in [9.17, 15) is 13.2 Å². The molecule has 0 spiro atoms. The van der Waals surface area contributed by atoms with Crippen molar-refractivity contribution in [1.82, 2.24) is 0 Å². The second-order valence-corrected chi connectivity index (χ2v) is 3.08. The molecule has 0 amide bonds. The number of ether oxygens (including phenoxy) is 3. The first kappa shape index (κ1) is 16.6. The Kier molecular flexibility index (Phi) is 9.37. The van der Waals surface area contributed by atoms with Gasteiger partial charge < -0.3 is 24.4 Å². The van der Waals surface area contributed by atoms with Crippen LogP contribution in [0.25, 0.3) is 0 Å². The molecule has 1 atom stereocenters. The highest BCUT2D eigenvalue weighted by Gasteiger charge is 2.38. The van der Waals surface area contributed by atoms with E-state index in [1.165, 1.54) is 0 Å². The van der Waals surface area contributed by atoms with Gasteiger partial charge in [0.2, 0.25) is 0 Å². The largest absolute Gasteiger partial charge is 0.416 e. The summed E-state index contributed by atoms with van der Waals surface area (Å²) in [6.07, 6.45) is -7.12. The van der Waals surface area contributed by atoms with Crippen LogP contribution in [0.4, 0.5) is 13.2 Å². The van der Waals surface area contributed by atoms with Gasteiger partial charge in [-0.3, -0.25) is 0 Å². The fourth-order valence-electron chi connectivity index (χ4n) is 0.794. The minimum absolute atomic E-state index is 0.0346. The van der Waals surface area contributed by atoms with Crippen LogP contribution in [0.2, 0.25) is 0 Å². The maximum atomic E-state index is 11.8. The molecule has 0 aromatic carbocycles. The highest BCUT2D eigenvalue weighted by atomic mass is 19.4. The average molecular weight is 262 g/mol. The van der Waals surface area contributed by atoms with E-state index in [4.69, 9.17) is 19.7 Å². The van der Waals surface area contributed by atoms with Gasteiger partial charge in [-0.15, -0.1) is 0 Å². The Morgan fingerprint density at radius 1 is 0.882 bits per heavy atom. The molecule has 0 aliphatic rings. The van der Waals surface area contributed by atoms with Crippen LogP contribution >= 0.6 is 0 Å². The van der Waals surface area contributed by atoms with Crippen molar-refractivity contribution in [1.29, 1.82) is 0 Å². The van der Waals surface area contributed by atoms with Gasteiger partial charge in [-0.2, -0.15) is 13.2 Å². The Balaban J connectivity index is 3.19. The lowest BCUT2D eigenvalue weighted by Crippen LogP contribution is -2.33. The first-order valence-corrected chi connectivity index (χ1v) is 5.07. The van der Waals surface area contributed by atoms with Crippen LogP contribution in [0.5, 0.6) is 0 Å². The molecular weight excluding hydrogens is 245 g/mol. The zero-order valence-electron chi connectivity index (χ0n) is 9.28. The lowest BCUT2D eigenvalue weighted by Gasteiger charge is -2.14. The summed E-state index contributed by atoms with van der Waals surface area (Å²) in [6.45, 7) is 0.00106. The van der Waals surface area contributed by atoms with Crippen LogP contribution in [0.3, 0.4) is 0 Å². The Morgan fingerprint density at radius 3 is 1.82 bits per heavy atom. The molecule has 0 rings (SSSR count). The lowest BCUT2D eigenvalue weighted by atomic mass is 10.4. The van der Waals surface area contributed by atoms with Gasteiger partial charge in [0.1, 0.15) is 0 Å². The first-order chi connectivity index (χ1) is 7.98. The lowest BCUT2D eigenvalue weighted by molar-refractivity contribution is -0.218. The standard InChI is InChI=1S/C9H17F3O5/c10-9(11,12)8(14)7-17-6-5-16-4-3-15-2-1-13/h8,13-14H,1-7H2. The molecule has 0 bridgehead atoms. The molecule has 0 fully saturated rings. The average Bonchev–Trinajstić information content (AvgIpc) is 2.25. The van der Waals surface area contributed by atoms with E-state index in [1.807, 2.05) is 0 Å². The third-order valence-electron chi connectivity index (χ3n) is 1.63. The summed E-state index contributed by atoms with van der Waals surface area (Å²) < 4.78 is 49.8. The SMILES string of the molecule is OCCOCCOCCOCC(O)C(F)(F)F. The van der Waals surface area contributed by atoms with Crippen LogP contribution < -0.4 is 0 Å². The van der Waals surface area contributed by atoms with Crippen molar-refractivity contribution < 1.29 is 37.6 Å². The summed E-state index contributed by atoms with van der Waals surface area (Å²) in [5, 5.41) is 16.9. The fourth-order valence-corrected chi connectivity index (χ4v) is 0.794. The number of halogens is 3. The topological polar surface area (TPSA) is 68.2 Å². The van der Waals surface area contributed by atoms with Crippen molar-refractivity contribution in [2.45, 2.75) is 12.3 Å². The third kappa shape index (κ3) is 10.5. The molecule has 0 aliphatic heterocycles. The second kappa shape index (κ2) is 9.60. The van der Waals surface area contributed by atoms with Crippen molar-refractivity contribution in [3.05, 3.63) is 0 Å². The quantitative estimate of drug-likeness (QED) is 0.540. The van der Waals surface area contributed by atoms with Gasteiger partial charge in [-0.1, -0.05) is 0 Å². The minimum Gasteiger partial charge on any atom is -0.394 e. The first-order valence-electron chi connectivity index (χ1n) is 5.07. The predicted molar refractivity (Wildman–Crippen MR) is 51.6 cm³/mol. The van der Waals surface area contributed by atoms with Gasteiger partial charge in [-0.05, 0) is 0 Å². The summed E-state index contributed by atoms with van der Waals surface area (Å²) in [5.74, 6) is 0. The zero-order chi connectivity index (χ0) is 13.1. The molecule has 0 radical (unpaired) electrons. The normalized spacial score (nSPS) is 13.9. The van der Waals surface area contributed by atoms with E-state index in [0.29, 0.717) is 6.61 Å². The third-order valence-corrected chi connectivity index (χ3v) is 1.63. The van der Waals surface area contributed by atoms with Crippen LogP contribution in [0, 0.1) is 0 Å². The van der Waals surface area contributed by atoms with E-state index in [0.717, 1.165) is 0 Å². The van der Waals surface area contributed by atoms with Crippen molar-refractivity contribution in [3.63, 3.8) is 0 Å². The number of rotatable bonds is 10. The zero-order valence-corrected chi connectivity index (χ0v) is 9.28. The molecule has 17 heavy (non-hydrogen) atoms. The van der Waals surface area contributed by atoms with Gasteiger partial charge in [0.25, 0.3) is 0 Å². The number of alkyl halides is 3. The minimum atomic E-state index is -4.65. The Bertz CT molecular complexity index is 177. The van der Waals surface area contributed by atoms with Gasteiger partial charge in [0, 0.05) is 0 Å². The van der Waals surface area contributed by atoms with E-state index >= 15 is 0 Å². The fraction of sp³-hybridized carbons (Fsp3) is 1.00. The second-order valence-electron chi connectivity index (χ2n) is 3.08. The molecule has 2 N–H and O–H groups in total. The molecular formula is C9H17F3O5. The van der Waals surface area contributed by atoms with Gasteiger partial charge in [0.15, 0.2) is 6.10 Å². The molecule has 0 aromatic rings. The van der Waals surface area contributed by atoms with Crippen LogP contribution in [0.1, 0.15) is 0 Å². The molecule has 5 nitrogen and oxygen atoms in total. The molecule has 0 aromatic heterocycles. The summed E-state index contributed by atoms with van der Waals surface area (Å²) in [4.78, 5) is 0. The molecule has 0 aliphatic carbocycles. The summed E-state index contributed by atoms with van der Waals surface area (Å²) in [6, 6.07) is 0. The van der Waals surface area contributed by atoms with E-state index in [1.54, 1.807) is 0 Å². The van der Waals surface area contributed by atoms with E-state index < -0.39 is 18.9 Å². The maximum absolute atomic E-state index is 11.8. The molecule has 0 saturated heterocycles. The number of aliphatic hydroxyl groups is 2. The number of hydrogen-bond donors (Lipinski definition) is 2. The summed E-state index contributed by atoms with van der Waals surface area (Å²) in [7, 11) is 0. The predicted octanol–water partition coefficient (Wildman–Crippen LogP) is -0.0483. The summed E-state index contributed by atoms with van der Waals surface area (Å²) >= 11 is 0. The Hall–Kier alpha value is -0.410. The molecule has 1 unspecified atom stereocenters. The smallest absolute Gasteiger partial charge is 0.394 e. The molecule has 0 saturated carbocycles. The van der Waals surface area contributed by atoms with Gasteiger partial charge >= 0.3 is 6.18 Å². The van der Waals surface area contributed by atoms with Gasteiger partial charge in [-0.25, -0.2) is 0 Å². The van der Waals surface area contributed by atoms with Crippen molar-refractivity contribution in [2.75, 3.05) is 46.2 Å². The van der Waals surface area contributed by atoms with Crippen LogP contribution in [-0.2, 0) is 14.2 Å². The number of hydrogen-bond acceptors (Lipinski definition) is 5. The molecule has 104 valence electrons. The van der Waals surface area contributed by atoms with E-state index in [-0.39, 0.29) is 33.0 Å². The number of aliphatic hydroxyl groups excluding tert-OH is 2. The Morgan fingerprint density at radius 2 is 1.35 bits per heavy atom. The Labute approximate surface area is 97.1 Å². The van der Waals surface area contributed by atoms with Crippen molar-refractivity contribution in [2.24, 2.45) is 0 Å². The summed E-state index contributed by atoms with van der Waals surface area (Å²) in [5.41, 5.74) is 0. The highest BCUT2D eigenvalue weighted by Crippen LogP contribution is 2.19. The van der Waals surface area contributed by atoms with E-state index in [2.05, 4.69) is 4.74 Å². The molecule has 8 heteroatoms. The van der Waals surface area contributed by atoms with Crippen molar-refractivity contribution in [3.8, 4) is 0 Å². The maximum Gasteiger partial charge on any atom is 0.416 e. The van der Waals surface area contributed by atoms with Crippen LogP contribution in [0.15, 0.2) is 0 Å². The van der Waals surface area contributed by atoms with Crippen LogP contribution in [-0.4, -0.2) is 68.7 Å².